The van der Waals surface area contributed by atoms with Crippen molar-refractivity contribution < 1.29 is 20.1 Å². The van der Waals surface area contributed by atoms with E-state index in [2.05, 4.69) is 4.98 Å². The fraction of sp³-hybridized carbons (Fsp3) is 0.143. The number of carboxylic acids is 1. The highest BCUT2D eigenvalue weighted by Gasteiger charge is 2.03. The van der Waals surface area contributed by atoms with Gasteiger partial charge in [0.15, 0.2) is 0 Å². The van der Waals surface area contributed by atoms with Crippen LogP contribution in [0.2, 0.25) is 0 Å². The molecule has 2 rings (SSSR count). The minimum Gasteiger partial charge on any atom is -0.508 e. The Bertz CT molecular complexity index is 529. The van der Waals surface area contributed by atoms with Gasteiger partial charge in [0.1, 0.15) is 11.4 Å². The van der Waals surface area contributed by atoms with Crippen LogP contribution in [0.25, 0.3) is 0 Å². The van der Waals surface area contributed by atoms with Gasteiger partial charge in [-0.1, -0.05) is 18.2 Å². The number of phenolic OH excluding ortho intramolecular Hbond substituents is 1. The predicted octanol–water partition coefficient (Wildman–Crippen LogP) is 1.16. The molecule has 0 spiro atoms. The lowest BCUT2D eigenvalue weighted by molar-refractivity contribution is 0.0690. The third-order valence-electron chi connectivity index (χ3n) is 2.39. The maximum absolute atomic E-state index is 10.1. The van der Waals surface area contributed by atoms with Gasteiger partial charge in [-0.05, 0) is 29.8 Å². The number of carboxylic acid groups (broad SMARTS) is 1. The molecule has 6 heteroatoms. The molecule has 0 saturated heterocycles. The van der Waals surface area contributed by atoms with Crippen LogP contribution in [0.4, 0.5) is 0 Å². The van der Waals surface area contributed by atoms with Crippen LogP contribution < -0.4 is 5.73 Å². The van der Waals surface area contributed by atoms with E-state index in [1.165, 1.54) is 24.4 Å². The van der Waals surface area contributed by atoms with E-state index in [1.807, 2.05) is 0 Å². The monoisotopic (exact) mass is 276 g/mol. The topological polar surface area (TPSA) is 117 Å². The van der Waals surface area contributed by atoms with Crippen molar-refractivity contribution in [1.82, 2.24) is 4.98 Å². The van der Waals surface area contributed by atoms with Gasteiger partial charge >= 0.3 is 5.97 Å². The second-order valence-corrected chi connectivity index (χ2v) is 3.86. The number of carbonyl (C=O) groups is 1. The molecule has 2 aromatic rings. The first-order valence-corrected chi connectivity index (χ1v) is 5.86. The van der Waals surface area contributed by atoms with Crippen molar-refractivity contribution in [3.8, 4) is 5.75 Å². The van der Waals surface area contributed by atoms with Gasteiger partial charge in [-0.3, -0.25) is 0 Å². The minimum absolute atomic E-state index is 0.0810. The summed E-state index contributed by atoms with van der Waals surface area (Å²) in [6.45, 7) is 0.199. The highest BCUT2D eigenvalue weighted by Crippen LogP contribution is 2.15. The van der Waals surface area contributed by atoms with E-state index in [4.69, 9.17) is 15.9 Å². The van der Waals surface area contributed by atoms with Crippen molar-refractivity contribution in [2.24, 2.45) is 5.73 Å². The van der Waals surface area contributed by atoms with E-state index in [9.17, 15) is 9.90 Å². The summed E-state index contributed by atoms with van der Waals surface area (Å²) in [6.07, 6.45) is 0.819. The summed E-state index contributed by atoms with van der Waals surface area (Å²) >= 11 is 0. The molecule has 5 N–H and O–H groups in total. The lowest BCUT2D eigenvalue weighted by Gasteiger charge is -2.06. The average molecular weight is 276 g/mol. The van der Waals surface area contributed by atoms with Crippen molar-refractivity contribution >= 4 is 5.97 Å². The highest BCUT2D eigenvalue weighted by molar-refractivity contribution is 5.85. The van der Waals surface area contributed by atoms with Crippen LogP contribution in [-0.2, 0) is 0 Å². The van der Waals surface area contributed by atoms with E-state index in [1.54, 1.807) is 24.3 Å². The summed E-state index contributed by atoms with van der Waals surface area (Å²) in [5.41, 5.74) is 6.04. The molecule has 0 aliphatic heterocycles. The smallest absolute Gasteiger partial charge is 0.354 e. The van der Waals surface area contributed by atoms with Crippen LogP contribution in [0.15, 0.2) is 48.7 Å². The Hall–Kier alpha value is -2.44. The van der Waals surface area contributed by atoms with Gasteiger partial charge in [0.25, 0.3) is 0 Å². The number of aromatic carboxylic acids is 1. The zero-order chi connectivity index (χ0) is 15.0. The summed E-state index contributed by atoms with van der Waals surface area (Å²) in [5, 5.41) is 26.4. The van der Waals surface area contributed by atoms with Gasteiger partial charge in [-0.15, -0.1) is 0 Å². The molecule has 1 aromatic carbocycles. The van der Waals surface area contributed by atoms with Crippen molar-refractivity contribution in [1.29, 1.82) is 0 Å². The van der Waals surface area contributed by atoms with Crippen LogP contribution in [0.1, 0.15) is 22.2 Å². The number of benzene rings is 1. The molecule has 0 fully saturated rings. The molecule has 1 heterocycles. The summed E-state index contributed by atoms with van der Waals surface area (Å²) < 4.78 is 0. The molecule has 6 nitrogen and oxygen atoms in total. The van der Waals surface area contributed by atoms with E-state index < -0.39 is 12.1 Å². The first-order chi connectivity index (χ1) is 9.54. The van der Waals surface area contributed by atoms with Crippen molar-refractivity contribution in [2.75, 3.05) is 6.54 Å². The molecule has 0 bridgehead atoms. The van der Waals surface area contributed by atoms with E-state index >= 15 is 0 Å². The Morgan fingerprint density at radius 1 is 1.20 bits per heavy atom. The number of hydrogen-bond acceptors (Lipinski definition) is 5. The van der Waals surface area contributed by atoms with Crippen LogP contribution in [-0.4, -0.2) is 32.8 Å². The molecule has 0 aliphatic carbocycles. The molecular weight excluding hydrogens is 260 g/mol. The maximum Gasteiger partial charge on any atom is 0.354 e. The quantitative estimate of drug-likeness (QED) is 0.668. The Balaban J connectivity index is 0.000000204. The van der Waals surface area contributed by atoms with E-state index in [0.29, 0.717) is 0 Å². The standard InChI is InChI=1S/C8H11NO2.C6H5NO2/c9-5-8(11)6-1-3-7(10)4-2-6;8-6(9)5-3-1-2-4-7-5/h1-4,8,10-11H,5,9H2;1-4H,(H,8,9). The number of aromatic hydroxyl groups is 1. The maximum atomic E-state index is 10.1. The number of aromatic nitrogens is 1. The second-order valence-electron chi connectivity index (χ2n) is 3.86. The van der Waals surface area contributed by atoms with Crippen LogP contribution in [0.5, 0.6) is 5.75 Å². The van der Waals surface area contributed by atoms with E-state index in [-0.39, 0.29) is 18.0 Å². The third kappa shape index (κ3) is 5.05. The molecule has 1 atom stereocenters. The van der Waals surface area contributed by atoms with Gasteiger partial charge in [0, 0.05) is 12.7 Å². The molecule has 0 aliphatic rings. The lowest BCUT2D eigenvalue weighted by Crippen LogP contribution is -2.10. The van der Waals surface area contributed by atoms with Crippen molar-refractivity contribution in [3.63, 3.8) is 0 Å². The fourth-order valence-corrected chi connectivity index (χ4v) is 1.32. The molecular formula is C14H16N2O4. The minimum atomic E-state index is -0.990. The largest absolute Gasteiger partial charge is 0.508 e. The molecule has 0 amide bonds. The summed E-state index contributed by atoms with van der Waals surface area (Å²) in [5.74, 6) is -0.798. The molecule has 20 heavy (non-hydrogen) atoms. The number of hydrogen-bond donors (Lipinski definition) is 4. The lowest BCUT2D eigenvalue weighted by atomic mass is 10.1. The first-order valence-electron chi connectivity index (χ1n) is 5.86. The summed E-state index contributed by atoms with van der Waals surface area (Å²) in [7, 11) is 0. The normalized spacial score (nSPS) is 11.1. The van der Waals surface area contributed by atoms with Gasteiger partial charge in [-0.25, -0.2) is 9.78 Å². The first kappa shape index (κ1) is 15.6. The number of aliphatic hydroxyl groups excluding tert-OH is 1. The zero-order valence-corrected chi connectivity index (χ0v) is 10.7. The highest BCUT2D eigenvalue weighted by atomic mass is 16.4. The van der Waals surface area contributed by atoms with Gasteiger partial charge < -0.3 is 21.1 Å². The SMILES string of the molecule is NCC(O)c1ccc(O)cc1.O=C(O)c1ccccn1. The Kier molecular flexibility index (Phi) is 6.15. The number of pyridine rings is 1. The average Bonchev–Trinajstić information content (AvgIpc) is 2.49. The van der Waals surface area contributed by atoms with Gasteiger partial charge in [0.2, 0.25) is 0 Å². The summed E-state index contributed by atoms with van der Waals surface area (Å²) in [4.78, 5) is 13.7. The van der Waals surface area contributed by atoms with Crippen LogP contribution in [0.3, 0.4) is 0 Å². The number of phenols is 1. The second kappa shape index (κ2) is 7.88. The molecule has 1 aromatic heterocycles. The number of nitrogens with zero attached hydrogens (tertiary/aromatic N) is 1. The predicted molar refractivity (Wildman–Crippen MR) is 73.3 cm³/mol. The van der Waals surface area contributed by atoms with Crippen molar-refractivity contribution in [3.05, 3.63) is 59.9 Å². The van der Waals surface area contributed by atoms with Gasteiger partial charge in [0.05, 0.1) is 6.10 Å². The number of aliphatic hydroxyl groups is 1. The van der Waals surface area contributed by atoms with Crippen molar-refractivity contribution in [2.45, 2.75) is 6.10 Å². The van der Waals surface area contributed by atoms with Gasteiger partial charge in [-0.2, -0.15) is 0 Å². The molecule has 1 unspecified atom stereocenters. The fourth-order valence-electron chi connectivity index (χ4n) is 1.32. The Morgan fingerprint density at radius 3 is 2.25 bits per heavy atom. The van der Waals surface area contributed by atoms with Crippen LogP contribution in [0, 0.1) is 0 Å². The Labute approximate surface area is 116 Å². The van der Waals surface area contributed by atoms with E-state index in [0.717, 1.165) is 5.56 Å². The third-order valence-corrected chi connectivity index (χ3v) is 2.39. The molecule has 106 valence electrons. The number of rotatable bonds is 3. The molecule has 0 radical (unpaired) electrons. The summed E-state index contributed by atoms with van der Waals surface area (Å²) in [6, 6.07) is 11.1. The number of nitrogens with two attached hydrogens (primary N) is 1. The van der Waals surface area contributed by atoms with Crippen LogP contribution >= 0.6 is 0 Å². The Morgan fingerprint density at radius 2 is 1.85 bits per heavy atom. The molecule has 0 saturated carbocycles. The zero-order valence-electron chi connectivity index (χ0n) is 10.7.